The van der Waals surface area contributed by atoms with Crippen LogP contribution in [-0.4, -0.2) is 36.9 Å². The molecular formula is C14H19NO4. The molecular weight excluding hydrogens is 246 g/mol. The van der Waals surface area contributed by atoms with Crippen LogP contribution in [0.25, 0.3) is 0 Å². The van der Waals surface area contributed by atoms with Gasteiger partial charge in [0, 0.05) is 19.2 Å². The van der Waals surface area contributed by atoms with Crippen molar-refractivity contribution < 1.29 is 19.4 Å². The normalized spacial score (nSPS) is 22.2. The number of ether oxygens (including phenoxy) is 2. The number of carboxylic acids is 1. The van der Waals surface area contributed by atoms with Gasteiger partial charge in [0.05, 0.1) is 24.0 Å². The van der Waals surface area contributed by atoms with Crippen LogP contribution in [0.15, 0.2) is 18.2 Å². The van der Waals surface area contributed by atoms with E-state index in [2.05, 4.69) is 5.32 Å². The van der Waals surface area contributed by atoms with E-state index in [4.69, 9.17) is 9.47 Å². The quantitative estimate of drug-likeness (QED) is 0.855. The number of nitrogens with one attached hydrogen (secondary N) is 1. The lowest BCUT2D eigenvalue weighted by Crippen LogP contribution is -2.32. The van der Waals surface area contributed by atoms with E-state index in [0.717, 1.165) is 19.4 Å². The predicted molar refractivity (Wildman–Crippen MR) is 72.0 cm³/mol. The van der Waals surface area contributed by atoms with Gasteiger partial charge < -0.3 is 19.9 Å². The molecule has 19 heavy (non-hydrogen) atoms. The maximum atomic E-state index is 11.2. The maximum Gasteiger partial charge on any atom is 0.337 e. The molecule has 1 aromatic carbocycles. The summed E-state index contributed by atoms with van der Waals surface area (Å²) in [5, 5.41) is 12.3. The standard InChI is InChI=1S/C14H19NO4/c1-14(6-3-7-19-14)9-15-12-8-10(18-2)4-5-11(12)13(16)17/h4-5,8,15H,3,6-7,9H2,1-2H3,(H,16,17). The molecule has 1 aliphatic rings. The molecule has 5 nitrogen and oxygen atoms in total. The Morgan fingerprint density at radius 2 is 2.37 bits per heavy atom. The second-order valence-corrected chi connectivity index (χ2v) is 4.97. The van der Waals surface area contributed by atoms with E-state index < -0.39 is 5.97 Å². The average Bonchev–Trinajstić information content (AvgIpc) is 2.83. The first kappa shape index (κ1) is 13.7. The smallest absolute Gasteiger partial charge is 0.337 e. The Morgan fingerprint density at radius 3 is 2.95 bits per heavy atom. The highest BCUT2D eigenvalue weighted by Gasteiger charge is 2.29. The summed E-state index contributed by atoms with van der Waals surface area (Å²) in [6.07, 6.45) is 2.02. The molecule has 1 aromatic rings. The first-order valence-corrected chi connectivity index (χ1v) is 6.33. The van der Waals surface area contributed by atoms with Crippen molar-refractivity contribution in [2.45, 2.75) is 25.4 Å². The molecule has 1 aliphatic heterocycles. The van der Waals surface area contributed by atoms with Crippen LogP contribution in [0.1, 0.15) is 30.1 Å². The molecule has 0 spiro atoms. The van der Waals surface area contributed by atoms with Crippen molar-refractivity contribution in [1.29, 1.82) is 0 Å². The van der Waals surface area contributed by atoms with Crippen LogP contribution in [0.3, 0.4) is 0 Å². The fourth-order valence-electron chi connectivity index (χ4n) is 2.24. The second-order valence-electron chi connectivity index (χ2n) is 4.97. The van der Waals surface area contributed by atoms with Gasteiger partial charge in [0.2, 0.25) is 0 Å². The highest BCUT2D eigenvalue weighted by atomic mass is 16.5. The topological polar surface area (TPSA) is 67.8 Å². The van der Waals surface area contributed by atoms with Crippen LogP contribution in [-0.2, 0) is 4.74 Å². The summed E-state index contributed by atoms with van der Waals surface area (Å²) >= 11 is 0. The third kappa shape index (κ3) is 3.17. The Labute approximate surface area is 112 Å². The molecule has 1 fully saturated rings. The van der Waals surface area contributed by atoms with Gasteiger partial charge in [0.25, 0.3) is 0 Å². The maximum absolute atomic E-state index is 11.2. The number of hydrogen-bond acceptors (Lipinski definition) is 4. The average molecular weight is 265 g/mol. The molecule has 0 saturated carbocycles. The van der Waals surface area contributed by atoms with Gasteiger partial charge >= 0.3 is 5.97 Å². The molecule has 0 amide bonds. The number of methoxy groups -OCH3 is 1. The number of hydrogen-bond donors (Lipinski definition) is 2. The number of benzene rings is 1. The number of carbonyl (C=O) groups is 1. The fraction of sp³-hybridized carbons (Fsp3) is 0.500. The fourth-order valence-corrected chi connectivity index (χ4v) is 2.24. The molecule has 1 atom stereocenters. The first-order valence-electron chi connectivity index (χ1n) is 6.33. The van der Waals surface area contributed by atoms with Crippen molar-refractivity contribution >= 4 is 11.7 Å². The van der Waals surface area contributed by atoms with Crippen LogP contribution < -0.4 is 10.1 Å². The largest absolute Gasteiger partial charge is 0.497 e. The summed E-state index contributed by atoms with van der Waals surface area (Å²) in [4.78, 5) is 11.2. The lowest BCUT2D eigenvalue weighted by atomic mass is 10.0. The summed E-state index contributed by atoms with van der Waals surface area (Å²) in [6, 6.07) is 4.88. The summed E-state index contributed by atoms with van der Waals surface area (Å²) in [5.74, 6) is -0.326. The molecule has 5 heteroatoms. The Hall–Kier alpha value is -1.75. The van der Waals surface area contributed by atoms with Crippen molar-refractivity contribution in [3.05, 3.63) is 23.8 Å². The zero-order valence-corrected chi connectivity index (χ0v) is 11.2. The van der Waals surface area contributed by atoms with Crippen LogP contribution in [0.5, 0.6) is 5.75 Å². The number of carboxylic acid groups (broad SMARTS) is 1. The van der Waals surface area contributed by atoms with Gasteiger partial charge in [0.1, 0.15) is 5.75 Å². The molecule has 1 saturated heterocycles. The molecule has 0 bridgehead atoms. The summed E-state index contributed by atoms with van der Waals surface area (Å²) in [5.41, 5.74) is 0.574. The van der Waals surface area contributed by atoms with Gasteiger partial charge in [-0.1, -0.05) is 0 Å². The third-order valence-electron chi connectivity index (χ3n) is 3.41. The Balaban J connectivity index is 2.15. The minimum Gasteiger partial charge on any atom is -0.497 e. The molecule has 0 radical (unpaired) electrons. The molecule has 104 valence electrons. The van der Waals surface area contributed by atoms with Gasteiger partial charge in [-0.05, 0) is 31.9 Å². The number of anilines is 1. The highest BCUT2D eigenvalue weighted by molar-refractivity contribution is 5.94. The van der Waals surface area contributed by atoms with Gasteiger partial charge in [-0.15, -0.1) is 0 Å². The molecule has 2 rings (SSSR count). The molecule has 2 N–H and O–H groups in total. The van der Waals surface area contributed by atoms with Gasteiger partial charge in [-0.3, -0.25) is 0 Å². The van der Waals surface area contributed by atoms with Gasteiger partial charge in [0.15, 0.2) is 0 Å². The summed E-state index contributed by atoms with van der Waals surface area (Å²) in [7, 11) is 1.56. The molecule has 0 aromatic heterocycles. The lowest BCUT2D eigenvalue weighted by Gasteiger charge is -2.24. The molecule has 1 heterocycles. The lowest BCUT2D eigenvalue weighted by molar-refractivity contribution is 0.0314. The van der Waals surface area contributed by atoms with E-state index in [9.17, 15) is 9.90 Å². The van der Waals surface area contributed by atoms with Crippen molar-refractivity contribution in [2.75, 3.05) is 25.6 Å². The van der Waals surface area contributed by atoms with Crippen molar-refractivity contribution in [3.8, 4) is 5.75 Å². The van der Waals surface area contributed by atoms with Crippen molar-refractivity contribution in [2.24, 2.45) is 0 Å². The number of rotatable bonds is 5. The Kier molecular flexibility index (Phi) is 3.95. The monoisotopic (exact) mass is 265 g/mol. The highest BCUT2D eigenvalue weighted by Crippen LogP contribution is 2.28. The van der Waals surface area contributed by atoms with Crippen LogP contribution in [0, 0.1) is 0 Å². The van der Waals surface area contributed by atoms with Crippen molar-refractivity contribution in [3.63, 3.8) is 0 Å². The SMILES string of the molecule is COc1ccc(C(=O)O)c(NCC2(C)CCCO2)c1. The van der Waals surface area contributed by atoms with Crippen LogP contribution in [0.2, 0.25) is 0 Å². The first-order chi connectivity index (χ1) is 9.04. The summed E-state index contributed by atoms with van der Waals surface area (Å²) < 4.78 is 10.8. The predicted octanol–water partition coefficient (Wildman–Crippen LogP) is 2.37. The minimum absolute atomic E-state index is 0.223. The van der Waals surface area contributed by atoms with Crippen molar-refractivity contribution in [1.82, 2.24) is 0 Å². The van der Waals surface area contributed by atoms with Crippen LogP contribution in [0.4, 0.5) is 5.69 Å². The second kappa shape index (κ2) is 5.48. The molecule has 1 unspecified atom stereocenters. The van der Waals surface area contributed by atoms with E-state index >= 15 is 0 Å². The third-order valence-corrected chi connectivity index (χ3v) is 3.41. The zero-order chi connectivity index (χ0) is 13.9. The van der Waals surface area contributed by atoms with E-state index in [1.807, 2.05) is 6.92 Å². The van der Waals surface area contributed by atoms with Gasteiger partial charge in [-0.2, -0.15) is 0 Å². The van der Waals surface area contributed by atoms with E-state index in [1.165, 1.54) is 0 Å². The zero-order valence-electron chi connectivity index (χ0n) is 11.2. The summed E-state index contributed by atoms with van der Waals surface area (Å²) in [6.45, 7) is 3.39. The minimum atomic E-state index is -0.956. The number of aromatic carboxylic acids is 1. The van der Waals surface area contributed by atoms with E-state index in [1.54, 1.807) is 25.3 Å². The van der Waals surface area contributed by atoms with E-state index in [-0.39, 0.29) is 11.2 Å². The Bertz CT molecular complexity index is 467. The Morgan fingerprint density at radius 1 is 1.58 bits per heavy atom. The van der Waals surface area contributed by atoms with Crippen LogP contribution >= 0.6 is 0 Å². The van der Waals surface area contributed by atoms with Gasteiger partial charge in [-0.25, -0.2) is 4.79 Å². The molecule has 0 aliphatic carbocycles. The van der Waals surface area contributed by atoms with E-state index in [0.29, 0.717) is 18.0 Å².